The number of rotatable bonds is 6. The summed E-state index contributed by atoms with van der Waals surface area (Å²) in [5.41, 5.74) is 8.80. The number of thiazole rings is 1. The maximum absolute atomic E-state index is 13.6. The van der Waals surface area contributed by atoms with Crippen LogP contribution in [0.3, 0.4) is 0 Å². The highest BCUT2D eigenvalue weighted by atomic mass is 32.1. The zero-order chi connectivity index (χ0) is 30.2. The van der Waals surface area contributed by atoms with Gasteiger partial charge in [-0.15, -0.1) is 11.3 Å². The summed E-state index contributed by atoms with van der Waals surface area (Å²) in [6, 6.07) is 19.4. The first-order valence-electron chi connectivity index (χ1n) is 14.6. The Kier molecular flexibility index (Phi) is 7.41. The minimum atomic E-state index is -0.215. The molecule has 44 heavy (non-hydrogen) atoms. The van der Waals surface area contributed by atoms with Gasteiger partial charge in [0, 0.05) is 73.7 Å². The number of hydrogen-bond acceptors (Lipinski definition) is 9. The van der Waals surface area contributed by atoms with Crippen LogP contribution in [0.25, 0.3) is 10.2 Å². The first-order valence-corrected chi connectivity index (χ1v) is 15.5. The number of nitrogens with one attached hydrogen (secondary N) is 2. The van der Waals surface area contributed by atoms with E-state index in [9.17, 15) is 9.59 Å². The number of anilines is 5. The number of fused-ring (bicyclic) bond motifs is 2. The standard InChI is InChI=1S/C33H32N8O2S/c1-21-3-5-24(36-31(42)22-4-10-28-30(17-22)44-20-35-28)18-29(21)41-12-11-27-26(32(41)43)19-34-33(38-27)37-23-6-8-25(9-7-23)40-15-13-39(2)14-16-40/h3-10,17-20H,11-16H2,1-2H3,(H,36,42)(H,34,37,38). The second-order valence-corrected chi connectivity index (χ2v) is 12.1. The molecule has 0 spiro atoms. The number of piperazine rings is 1. The summed E-state index contributed by atoms with van der Waals surface area (Å²) < 4.78 is 0.958. The van der Waals surface area contributed by atoms with Crippen LogP contribution in [0.5, 0.6) is 0 Å². The van der Waals surface area contributed by atoms with Crippen molar-refractivity contribution in [2.24, 2.45) is 0 Å². The van der Waals surface area contributed by atoms with E-state index >= 15 is 0 Å². The predicted molar refractivity (Wildman–Crippen MR) is 176 cm³/mol. The summed E-state index contributed by atoms with van der Waals surface area (Å²) in [6.07, 6.45) is 2.19. The summed E-state index contributed by atoms with van der Waals surface area (Å²) in [7, 11) is 2.15. The van der Waals surface area contributed by atoms with Crippen molar-refractivity contribution in [2.45, 2.75) is 13.3 Å². The molecule has 0 unspecified atom stereocenters. The molecule has 0 saturated carbocycles. The molecule has 11 heteroatoms. The second-order valence-electron chi connectivity index (χ2n) is 11.2. The predicted octanol–water partition coefficient (Wildman–Crippen LogP) is 5.35. The average molecular weight is 605 g/mol. The van der Waals surface area contributed by atoms with Gasteiger partial charge in [0.2, 0.25) is 5.95 Å². The molecular weight excluding hydrogens is 572 g/mol. The molecule has 0 radical (unpaired) electrons. The Labute approximate surface area is 259 Å². The minimum absolute atomic E-state index is 0.156. The van der Waals surface area contributed by atoms with Crippen molar-refractivity contribution in [3.05, 3.63) is 94.8 Å². The molecule has 7 rings (SSSR count). The third-order valence-corrected chi connectivity index (χ3v) is 9.05. The van der Waals surface area contributed by atoms with E-state index in [0.717, 1.165) is 59.0 Å². The number of nitrogens with zero attached hydrogens (tertiary/aromatic N) is 6. The van der Waals surface area contributed by atoms with Crippen LogP contribution >= 0.6 is 11.3 Å². The van der Waals surface area contributed by atoms with Crippen LogP contribution in [0.15, 0.2) is 72.4 Å². The van der Waals surface area contributed by atoms with Gasteiger partial charge in [-0.05, 0) is 74.1 Å². The van der Waals surface area contributed by atoms with E-state index in [1.54, 1.807) is 22.7 Å². The van der Waals surface area contributed by atoms with Crippen molar-refractivity contribution in [3.63, 3.8) is 0 Å². The van der Waals surface area contributed by atoms with Gasteiger partial charge in [-0.3, -0.25) is 9.59 Å². The summed E-state index contributed by atoms with van der Waals surface area (Å²) in [6.45, 7) is 6.59. The normalized spacial score (nSPS) is 15.4. The molecule has 3 aromatic carbocycles. The number of carbonyl (C=O) groups is 2. The molecule has 2 aliphatic rings. The van der Waals surface area contributed by atoms with E-state index in [2.05, 4.69) is 49.6 Å². The Bertz CT molecular complexity index is 1860. The van der Waals surface area contributed by atoms with E-state index < -0.39 is 0 Å². The SMILES string of the molecule is Cc1ccc(NC(=O)c2ccc3ncsc3c2)cc1N1CCc2nc(Nc3ccc(N4CCN(C)CC4)cc3)ncc2C1=O. The first kappa shape index (κ1) is 27.9. The number of amides is 2. The van der Waals surface area contributed by atoms with Crippen LogP contribution in [0.4, 0.5) is 28.7 Å². The van der Waals surface area contributed by atoms with Gasteiger partial charge in [0.25, 0.3) is 11.8 Å². The Hall–Kier alpha value is -4.87. The lowest BCUT2D eigenvalue weighted by atomic mass is 10.0. The van der Waals surface area contributed by atoms with Crippen molar-refractivity contribution >= 4 is 62.1 Å². The van der Waals surface area contributed by atoms with Crippen LogP contribution in [0.1, 0.15) is 32.0 Å². The van der Waals surface area contributed by atoms with Gasteiger partial charge in [0.1, 0.15) is 0 Å². The van der Waals surface area contributed by atoms with E-state index in [4.69, 9.17) is 4.98 Å². The van der Waals surface area contributed by atoms with Crippen LogP contribution in [-0.2, 0) is 6.42 Å². The summed E-state index contributed by atoms with van der Waals surface area (Å²) in [5.74, 6) is 0.0964. The quantitative estimate of drug-likeness (QED) is 0.267. The number of benzene rings is 3. The lowest BCUT2D eigenvalue weighted by Gasteiger charge is -2.34. The Balaban J connectivity index is 1.04. The molecule has 0 bridgehead atoms. The van der Waals surface area contributed by atoms with Crippen molar-refractivity contribution in [3.8, 4) is 0 Å². The Morgan fingerprint density at radius 3 is 2.52 bits per heavy atom. The Morgan fingerprint density at radius 2 is 1.70 bits per heavy atom. The number of carbonyl (C=O) groups excluding carboxylic acids is 2. The molecule has 2 aliphatic heterocycles. The number of aromatic nitrogens is 3. The molecule has 222 valence electrons. The minimum Gasteiger partial charge on any atom is -0.369 e. The monoisotopic (exact) mass is 604 g/mol. The third-order valence-electron chi connectivity index (χ3n) is 8.26. The van der Waals surface area contributed by atoms with Crippen molar-refractivity contribution in [1.82, 2.24) is 19.9 Å². The smallest absolute Gasteiger partial charge is 0.261 e. The zero-order valence-corrected chi connectivity index (χ0v) is 25.4. The molecule has 2 N–H and O–H groups in total. The molecule has 1 saturated heterocycles. The lowest BCUT2D eigenvalue weighted by molar-refractivity contribution is 0.0978. The maximum Gasteiger partial charge on any atom is 0.261 e. The second kappa shape index (κ2) is 11.7. The van der Waals surface area contributed by atoms with Gasteiger partial charge in [-0.1, -0.05) is 6.07 Å². The fourth-order valence-corrected chi connectivity index (χ4v) is 6.38. The van der Waals surface area contributed by atoms with Crippen molar-refractivity contribution < 1.29 is 9.59 Å². The maximum atomic E-state index is 13.6. The van der Waals surface area contributed by atoms with Gasteiger partial charge in [0.05, 0.1) is 27.0 Å². The average Bonchev–Trinajstić information content (AvgIpc) is 3.51. The third kappa shape index (κ3) is 5.59. The fraction of sp³-hybridized carbons (Fsp3) is 0.242. The number of likely N-dealkylation sites (N-methyl/N-ethyl adjacent to an activating group) is 1. The molecule has 2 amide bonds. The van der Waals surface area contributed by atoms with Crippen LogP contribution < -0.4 is 20.4 Å². The largest absolute Gasteiger partial charge is 0.369 e. The van der Waals surface area contributed by atoms with Gasteiger partial charge in [0.15, 0.2) is 0 Å². The molecule has 1 fully saturated rings. The Morgan fingerprint density at radius 1 is 0.909 bits per heavy atom. The first-order chi connectivity index (χ1) is 21.4. The summed E-state index contributed by atoms with van der Waals surface area (Å²) in [5, 5.41) is 6.27. The lowest BCUT2D eigenvalue weighted by Crippen LogP contribution is -2.44. The van der Waals surface area contributed by atoms with E-state index in [1.807, 2.05) is 49.4 Å². The molecular formula is C33H32N8O2S. The molecule has 5 aromatic rings. The van der Waals surface area contributed by atoms with E-state index in [0.29, 0.717) is 35.7 Å². The molecule has 0 atom stereocenters. The number of hydrogen-bond donors (Lipinski definition) is 2. The fourth-order valence-electron chi connectivity index (χ4n) is 5.67. The van der Waals surface area contributed by atoms with E-state index in [-0.39, 0.29) is 11.8 Å². The topological polar surface area (TPSA) is 107 Å². The number of aryl methyl sites for hydroxylation is 1. The molecule has 2 aromatic heterocycles. The zero-order valence-electron chi connectivity index (χ0n) is 24.6. The van der Waals surface area contributed by atoms with Gasteiger partial charge >= 0.3 is 0 Å². The highest BCUT2D eigenvalue weighted by molar-refractivity contribution is 7.16. The molecule has 10 nitrogen and oxygen atoms in total. The molecule has 0 aliphatic carbocycles. The van der Waals surface area contributed by atoms with E-state index in [1.165, 1.54) is 17.0 Å². The summed E-state index contributed by atoms with van der Waals surface area (Å²) in [4.78, 5) is 46.6. The van der Waals surface area contributed by atoms with Crippen molar-refractivity contribution in [1.29, 1.82) is 0 Å². The van der Waals surface area contributed by atoms with Gasteiger partial charge in [-0.25, -0.2) is 15.0 Å². The highest BCUT2D eigenvalue weighted by Crippen LogP contribution is 2.30. The van der Waals surface area contributed by atoms with Gasteiger partial charge in [-0.2, -0.15) is 0 Å². The van der Waals surface area contributed by atoms with Crippen LogP contribution in [-0.4, -0.2) is 71.4 Å². The van der Waals surface area contributed by atoms with Crippen molar-refractivity contribution in [2.75, 3.05) is 60.2 Å². The van der Waals surface area contributed by atoms with Gasteiger partial charge < -0.3 is 25.3 Å². The highest BCUT2D eigenvalue weighted by Gasteiger charge is 2.28. The van der Waals surface area contributed by atoms with Crippen LogP contribution in [0.2, 0.25) is 0 Å². The van der Waals surface area contributed by atoms with Crippen LogP contribution in [0, 0.1) is 6.92 Å². The summed E-state index contributed by atoms with van der Waals surface area (Å²) >= 11 is 1.50. The molecule has 4 heterocycles.